The van der Waals surface area contributed by atoms with Crippen molar-refractivity contribution in [2.24, 2.45) is 0 Å². The van der Waals surface area contributed by atoms with Gasteiger partial charge in [0, 0.05) is 30.4 Å². The van der Waals surface area contributed by atoms with Crippen molar-refractivity contribution in [1.29, 1.82) is 0 Å². The van der Waals surface area contributed by atoms with Crippen LogP contribution in [0.4, 0.5) is 0 Å². The molecule has 118 valence electrons. The Hall–Kier alpha value is -1.13. The highest BCUT2D eigenvalue weighted by molar-refractivity contribution is 5.17. The molecule has 1 saturated heterocycles. The van der Waals surface area contributed by atoms with Crippen molar-refractivity contribution in [2.75, 3.05) is 20.2 Å². The fraction of sp³-hybridized carbons (Fsp3) is 0.706. The standard InChI is InChI=1S/C17H29N3O/c1-17(2,3)19-13-14-7-8-16(18-12-14)21-11-9-15-6-5-10-20(15)4/h7-8,12,15,19H,5-6,9-11,13H2,1-4H3. The van der Waals surface area contributed by atoms with Crippen molar-refractivity contribution in [3.63, 3.8) is 0 Å². The van der Waals surface area contributed by atoms with Gasteiger partial charge in [-0.05, 0) is 59.2 Å². The number of nitrogens with one attached hydrogen (secondary N) is 1. The van der Waals surface area contributed by atoms with E-state index >= 15 is 0 Å². The zero-order chi connectivity index (χ0) is 15.3. The normalized spacial score (nSPS) is 19.9. The highest BCUT2D eigenvalue weighted by atomic mass is 16.5. The minimum absolute atomic E-state index is 0.127. The van der Waals surface area contributed by atoms with Crippen molar-refractivity contribution in [3.8, 4) is 5.88 Å². The number of likely N-dealkylation sites (tertiary alicyclic amines) is 1. The van der Waals surface area contributed by atoms with E-state index in [1.165, 1.54) is 24.9 Å². The Morgan fingerprint density at radius 1 is 1.38 bits per heavy atom. The van der Waals surface area contributed by atoms with Crippen LogP contribution < -0.4 is 10.1 Å². The minimum atomic E-state index is 0.127. The summed E-state index contributed by atoms with van der Waals surface area (Å²) in [5, 5.41) is 3.46. The predicted molar refractivity (Wildman–Crippen MR) is 86.6 cm³/mol. The second-order valence-corrected chi connectivity index (χ2v) is 7.02. The summed E-state index contributed by atoms with van der Waals surface area (Å²) in [5.41, 5.74) is 1.32. The lowest BCUT2D eigenvalue weighted by Gasteiger charge is -2.20. The third-order valence-corrected chi connectivity index (χ3v) is 3.99. The largest absolute Gasteiger partial charge is 0.478 e. The molecule has 0 radical (unpaired) electrons. The lowest BCUT2D eigenvalue weighted by atomic mass is 10.1. The zero-order valence-corrected chi connectivity index (χ0v) is 13.9. The van der Waals surface area contributed by atoms with Crippen molar-refractivity contribution in [2.45, 2.75) is 58.2 Å². The van der Waals surface area contributed by atoms with E-state index in [0.717, 1.165) is 25.5 Å². The lowest BCUT2D eigenvalue weighted by molar-refractivity contribution is 0.228. The maximum Gasteiger partial charge on any atom is 0.213 e. The molecule has 1 atom stereocenters. The Balaban J connectivity index is 1.72. The van der Waals surface area contributed by atoms with Crippen LogP contribution in [0.2, 0.25) is 0 Å². The second kappa shape index (κ2) is 7.23. The van der Waals surface area contributed by atoms with Crippen molar-refractivity contribution >= 4 is 0 Å². The molecule has 1 aliphatic rings. The first kappa shape index (κ1) is 16.2. The maximum atomic E-state index is 5.76. The molecule has 0 amide bonds. The molecule has 2 heterocycles. The van der Waals surface area contributed by atoms with Gasteiger partial charge in [0.15, 0.2) is 0 Å². The quantitative estimate of drug-likeness (QED) is 0.874. The van der Waals surface area contributed by atoms with E-state index in [2.05, 4.69) is 49.1 Å². The van der Waals surface area contributed by atoms with Gasteiger partial charge < -0.3 is 15.0 Å². The molecule has 0 spiro atoms. The zero-order valence-electron chi connectivity index (χ0n) is 13.9. The average Bonchev–Trinajstić information content (AvgIpc) is 2.83. The predicted octanol–water partition coefficient (Wildman–Crippen LogP) is 2.83. The molecule has 1 aliphatic heterocycles. The van der Waals surface area contributed by atoms with Crippen molar-refractivity contribution < 1.29 is 4.74 Å². The van der Waals surface area contributed by atoms with Gasteiger partial charge in [-0.1, -0.05) is 6.07 Å². The molecular formula is C17H29N3O. The molecule has 1 N–H and O–H groups in total. The molecule has 2 rings (SSSR count). The lowest BCUT2D eigenvalue weighted by Crippen LogP contribution is -2.35. The van der Waals surface area contributed by atoms with Crippen molar-refractivity contribution in [3.05, 3.63) is 23.9 Å². The molecule has 1 aromatic rings. The van der Waals surface area contributed by atoms with Gasteiger partial charge in [0.05, 0.1) is 6.61 Å². The molecule has 4 nitrogen and oxygen atoms in total. The molecule has 1 fully saturated rings. The third kappa shape index (κ3) is 5.64. The van der Waals surface area contributed by atoms with Crippen LogP contribution in [-0.2, 0) is 6.54 Å². The Morgan fingerprint density at radius 2 is 2.19 bits per heavy atom. The number of hydrogen-bond acceptors (Lipinski definition) is 4. The van der Waals surface area contributed by atoms with E-state index in [1.807, 2.05) is 12.3 Å². The minimum Gasteiger partial charge on any atom is -0.478 e. The van der Waals surface area contributed by atoms with Gasteiger partial charge in [0.25, 0.3) is 0 Å². The molecule has 1 unspecified atom stereocenters. The second-order valence-electron chi connectivity index (χ2n) is 7.02. The topological polar surface area (TPSA) is 37.4 Å². The number of rotatable bonds is 6. The third-order valence-electron chi connectivity index (χ3n) is 3.99. The van der Waals surface area contributed by atoms with E-state index in [4.69, 9.17) is 4.74 Å². The smallest absolute Gasteiger partial charge is 0.213 e. The molecule has 0 aromatic carbocycles. The maximum absolute atomic E-state index is 5.76. The summed E-state index contributed by atoms with van der Waals surface area (Å²) in [5.74, 6) is 0.732. The average molecular weight is 291 g/mol. The summed E-state index contributed by atoms with van der Waals surface area (Å²) in [6.45, 7) is 9.30. The van der Waals surface area contributed by atoms with Gasteiger partial charge in [0.2, 0.25) is 5.88 Å². The highest BCUT2D eigenvalue weighted by Crippen LogP contribution is 2.18. The Bertz CT molecular complexity index is 425. The summed E-state index contributed by atoms with van der Waals surface area (Å²) in [6.07, 6.45) is 5.60. The van der Waals surface area contributed by atoms with Crippen LogP contribution in [-0.4, -0.2) is 41.7 Å². The highest BCUT2D eigenvalue weighted by Gasteiger charge is 2.20. The first-order chi connectivity index (χ1) is 9.94. The first-order valence-electron chi connectivity index (χ1n) is 7.97. The van der Waals surface area contributed by atoms with E-state index in [1.54, 1.807) is 0 Å². The fourth-order valence-corrected chi connectivity index (χ4v) is 2.61. The van der Waals surface area contributed by atoms with Crippen LogP contribution in [0.3, 0.4) is 0 Å². The summed E-state index contributed by atoms with van der Waals surface area (Å²) >= 11 is 0. The van der Waals surface area contributed by atoms with Gasteiger partial charge in [-0.3, -0.25) is 0 Å². The number of pyridine rings is 1. The van der Waals surface area contributed by atoms with E-state index < -0.39 is 0 Å². The van der Waals surface area contributed by atoms with Gasteiger partial charge in [-0.2, -0.15) is 0 Å². The molecule has 0 saturated carbocycles. The van der Waals surface area contributed by atoms with Crippen molar-refractivity contribution in [1.82, 2.24) is 15.2 Å². The van der Waals surface area contributed by atoms with E-state index in [9.17, 15) is 0 Å². The number of nitrogens with zero attached hydrogens (tertiary/aromatic N) is 2. The number of ether oxygens (including phenoxy) is 1. The van der Waals surface area contributed by atoms with Gasteiger partial charge >= 0.3 is 0 Å². The first-order valence-corrected chi connectivity index (χ1v) is 7.97. The fourth-order valence-electron chi connectivity index (χ4n) is 2.61. The van der Waals surface area contributed by atoms with Crippen LogP contribution >= 0.6 is 0 Å². The van der Waals surface area contributed by atoms with Crippen LogP contribution in [0.15, 0.2) is 18.3 Å². The van der Waals surface area contributed by atoms with E-state index in [0.29, 0.717) is 6.04 Å². The molecule has 1 aromatic heterocycles. The Labute approximate surface area is 128 Å². The summed E-state index contributed by atoms with van der Waals surface area (Å²) in [6, 6.07) is 4.74. The van der Waals surface area contributed by atoms with Gasteiger partial charge in [0.1, 0.15) is 0 Å². The molecule has 21 heavy (non-hydrogen) atoms. The summed E-state index contributed by atoms with van der Waals surface area (Å²) < 4.78 is 5.76. The van der Waals surface area contributed by atoms with Crippen LogP contribution in [0.25, 0.3) is 0 Å². The summed E-state index contributed by atoms with van der Waals surface area (Å²) in [4.78, 5) is 6.82. The SMILES string of the molecule is CN1CCCC1CCOc1ccc(CNC(C)(C)C)cn1. The van der Waals surface area contributed by atoms with Crippen LogP contribution in [0.5, 0.6) is 5.88 Å². The van der Waals surface area contributed by atoms with E-state index in [-0.39, 0.29) is 5.54 Å². The van der Waals surface area contributed by atoms with Crippen LogP contribution in [0.1, 0.15) is 45.6 Å². The molecule has 0 aliphatic carbocycles. The Kier molecular flexibility index (Phi) is 5.59. The van der Waals surface area contributed by atoms with Crippen LogP contribution in [0, 0.1) is 0 Å². The number of hydrogen-bond donors (Lipinski definition) is 1. The van der Waals surface area contributed by atoms with Gasteiger partial charge in [-0.25, -0.2) is 4.98 Å². The Morgan fingerprint density at radius 3 is 2.76 bits per heavy atom. The number of aromatic nitrogens is 1. The summed E-state index contributed by atoms with van der Waals surface area (Å²) in [7, 11) is 2.20. The molecule has 4 heteroatoms. The van der Waals surface area contributed by atoms with Gasteiger partial charge in [-0.15, -0.1) is 0 Å². The molecule has 0 bridgehead atoms. The molecular weight excluding hydrogens is 262 g/mol. The monoisotopic (exact) mass is 291 g/mol.